The third kappa shape index (κ3) is 1.67. The van der Waals surface area contributed by atoms with Gasteiger partial charge in [0.2, 0.25) is 0 Å². The lowest BCUT2D eigenvalue weighted by Gasteiger charge is -2.16. The van der Waals surface area contributed by atoms with Crippen LogP contribution in [0.3, 0.4) is 0 Å². The second kappa shape index (κ2) is 4.13. The summed E-state index contributed by atoms with van der Waals surface area (Å²) in [6.45, 7) is 2.23. The summed E-state index contributed by atoms with van der Waals surface area (Å²) in [5, 5.41) is 4.85. The molecule has 1 aromatic rings. The molecule has 0 radical (unpaired) electrons. The Labute approximate surface area is 94.2 Å². The molecular weight excluding hydrogens is 214 g/mol. The SMILES string of the molecule is CCC1Sc2ccc(Cl)cc2C1NC. The van der Waals surface area contributed by atoms with Crippen LogP contribution in [0.2, 0.25) is 5.02 Å². The molecule has 0 aliphatic carbocycles. The van der Waals surface area contributed by atoms with Gasteiger partial charge in [-0.2, -0.15) is 0 Å². The molecule has 2 atom stereocenters. The van der Waals surface area contributed by atoms with Crippen LogP contribution in [0, 0.1) is 0 Å². The van der Waals surface area contributed by atoms with Crippen molar-refractivity contribution in [2.45, 2.75) is 29.5 Å². The second-order valence-electron chi connectivity index (χ2n) is 3.51. The predicted octanol–water partition coefficient (Wildman–Crippen LogP) is 3.48. The van der Waals surface area contributed by atoms with Crippen LogP contribution >= 0.6 is 23.4 Å². The largest absolute Gasteiger partial charge is 0.312 e. The first-order chi connectivity index (χ1) is 6.76. The molecule has 2 rings (SSSR count). The van der Waals surface area contributed by atoms with Crippen LogP contribution in [0.25, 0.3) is 0 Å². The molecule has 2 unspecified atom stereocenters. The maximum atomic E-state index is 6.00. The Bertz CT molecular complexity index is 340. The smallest absolute Gasteiger partial charge is 0.0453 e. The van der Waals surface area contributed by atoms with Gasteiger partial charge in [-0.3, -0.25) is 0 Å². The molecule has 0 aromatic heterocycles. The first kappa shape index (κ1) is 10.3. The Morgan fingerprint density at radius 2 is 2.29 bits per heavy atom. The molecule has 0 spiro atoms. The van der Waals surface area contributed by atoms with Gasteiger partial charge < -0.3 is 5.32 Å². The monoisotopic (exact) mass is 227 g/mol. The fourth-order valence-corrected chi connectivity index (χ4v) is 3.52. The average Bonchev–Trinajstić information content (AvgIpc) is 2.54. The Hall–Kier alpha value is -0.180. The van der Waals surface area contributed by atoms with Gasteiger partial charge in [0.15, 0.2) is 0 Å². The van der Waals surface area contributed by atoms with Crippen molar-refractivity contribution in [1.82, 2.24) is 5.32 Å². The van der Waals surface area contributed by atoms with Crippen LogP contribution in [0.5, 0.6) is 0 Å². The van der Waals surface area contributed by atoms with Crippen molar-refractivity contribution < 1.29 is 0 Å². The fraction of sp³-hybridized carbons (Fsp3) is 0.455. The Morgan fingerprint density at radius 3 is 2.93 bits per heavy atom. The molecule has 1 aromatic carbocycles. The van der Waals surface area contributed by atoms with Gasteiger partial charge in [0.1, 0.15) is 0 Å². The van der Waals surface area contributed by atoms with Crippen molar-refractivity contribution in [3.63, 3.8) is 0 Å². The van der Waals surface area contributed by atoms with Gasteiger partial charge in [-0.1, -0.05) is 18.5 Å². The highest BCUT2D eigenvalue weighted by Gasteiger charge is 2.30. The van der Waals surface area contributed by atoms with Crippen LogP contribution in [-0.2, 0) is 0 Å². The van der Waals surface area contributed by atoms with E-state index in [1.165, 1.54) is 16.9 Å². The lowest BCUT2D eigenvalue weighted by Crippen LogP contribution is -2.22. The van der Waals surface area contributed by atoms with Gasteiger partial charge in [-0.05, 0) is 37.2 Å². The number of hydrogen-bond donors (Lipinski definition) is 1. The quantitative estimate of drug-likeness (QED) is 0.830. The third-order valence-electron chi connectivity index (χ3n) is 2.67. The maximum absolute atomic E-state index is 6.00. The van der Waals surface area contributed by atoms with Crippen molar-refractivity contribution in [2.75, 3.05) is 7.05 Å². The van der Waals surface area contributed by atoms with E-state index in [0.29, 0.717) is 11.3 Å². The topological polar surface area (TPSA) is 12.0 Å². The summed E-state index contributed by atoms with van der Waals surface area (Å²) < 4.78 is 0. The summed E-state index contributed by atoms with van der Waals surface area (Å²) >= 11 is 7.96. The van der Waals surface area contributed by atoms with Crippen LogP contribution in [0.15, 0.2) is 23.1 Å². The molecule has 0 amide bonds. The average molecular weight is 228 g/mol. The fourth-order valence-electron chi connectivity index (χ4n) is 1.96. The lowest BCUT2D eigenvalue weighted by atomic mass is 10.0. The molecular formula is C11H14ClNS. The van der Waals surface area contributed by atoms with E-state index in [9.17, 15) is 0 Å². The molecule has 1 nitrogen and oxygen atoms in total. The van der Waals surface area contributed by atoms with Gasteiger partial charge in [0, 0.05) is 21.2 Å². The minimum atomic E-state index is 0.457. The van der Waals surface area contributed by atoms with Crippen LogP contribution in [-0.4, -0.2) is 12.3 Å². The molecule has 0 bridgehead atoms. The van der Waals surface area contributed by atoms with Crippen LogP contribution in [0.4, 0.5) is 0 Å². The summed E-state index contributed by atoms with van der Waals surface area (Å²) in [4.78, 5) is 1.38. The molecule has 0 fully saturated rings. The number of hydrogen-bond acceptors (Lipinski definition) is 2. The number of fused-ring (bicyclic) bond motifs is 1. The minimum Gasteiger partial charge on any atom is -0.312 e. The van der Waals surface area contributed by atoms with Crippen LogP contribution in [0.1, 0.15) is 24.9 Å². The normalized spacial score (nSPS) is 25.1. The van der Waals surface area contributed by atoms with E-state index in [-0.39, 0.29) is 0 Å². The zero-order chi connectivity index (χ0) is 10.1. The maximum Gasteiger partial charge on any atom is 0.0453 e. The standard InChI is InChI=1S/C11H14ClNS/c1-3-9-11(13-2)8-6-7(12)4-5-10(8)14-9/h4-6,9,11,13H,3H2,1-2H3. The van der Waals surface area contributed by atoms with Crippen molar-refractivity contribution in [1.29, 1.82) is 0 Å². The number of halogens is 1. The van der Waals surface area contributed by atoms with Crippen molar-refractivity contribution in [3.05, 3.63) is 28.8 Å². The number of nitrogens with one attached hydrogen (secondary N) is 1. The van der Waals surface area contributed by atoms with Crippen molar-refractivity contribution in [3.8, 4) is 0 Å². The molecule has 1 N–H and O–H groups in total. The molecule has 76 valence electrons. The summed E-state index contributed by atoms with van der Waals surface area (Å²) in [5.74, 6) is 0. The van der Waals surface area contributed by atoms with E-state index in [4.69, 9.17) is 11.6 Å². The van der Waals surface area contributed by atoms with E-state index in [1.807, 2.05) is 24.9 Å². The van der Waals surface area contributed by atoms with Gasteiger partial charge in [0.25, 0.3) is 0 Å². The first-order valence-electron chi connectivity index (χ1n) is 4.89. The third-order valence-corrected chi connectivity index (χ3v) is 4.44. The van der Waals surface area contributed by atoms with Gasteiger partial charge in [0.05, 0.1) is 0 Å². The summed E-state index contributed by atoms with van der Waals surface area (Å²) in [6.07, 6.45) is 1.18. The molecule has 3 heteroatoms. The highest BCUT2D eigenvalue weighted by Crippen LogP contribution is 2.45. The van der Waals surface area contributed by atoms with Gasteiger partial charge >= 0.3 is 0 Å². The van der Waals surface area contributed by atoms with Crippen LogP contribution < -0.4 is 5.32 Å². The first-order valence-corrected chi connectivity index (χ1v) is 6.15. The van der Waals surface area contributed by atoms with Gasteiger partial charge in [-0.15, -0.1) is 11.8 Å². The molecule has 1 aliphatic rings. The number of rotatable bonds is 2. The van der Waals surface area contributed by atoms with E-state index < -0.39 is 0 Å². The highest BCUT2D eigenvalue weighted by atomic mass is 35.5. The minimum absolute atomic E-state index is 0.457. The summed E-state index contributed by atoms with van der Waals surface area (Å²) in [5.41, 5.74) is 1.36. The molecule has 14 heavy (non-hydrogen) atoms. The number of benzene rings is 1. The lowest BCUT2D eigenvalue weighted by molar-refractivity contribution is 0.563. The van der Waals surface area contributed by atoms with E-state index in [1.54, 1.807) is 0 Å². The summed E-state index contributed by atoms with van der Waals surface area (Å²) in [7, 11) is 2.02. The van der Waals surface area contributed by atoms with Gasteiger partial charge in [-0.25, -0.2) is 0 Å². The second-order valence-corrected chi connectivity index (χ2v) is 5.23. The zero-order valence-electron chi connectivity index (χ0n) is 8.38. The highest BCUT2D eigenvalue weighted by molar-refractivity contribution is 8.00. The molecule has 1 aliphatic heterocycles. The van der Waals surface area contributed by atoms with E-state index in [0.717, 1.165) is 5.02 Å². The molecule has 0 saturated heterocycles. The predicted molar refractivity (Wildman–Crippen MR) is 63.2 cm³/mol. The summed E-state index contributed by atoms with van der Waals surface area (Å²) in [6, 6.07) is 6.64. The Kier molecular flexibility index (Phi) is 3.05. The zero-order valence-corrected chi connectivity index (χ0v) is 9.95. The molecule has 0 saturated carbocycles. The number of thioether (sulfide) groups is 1. The Morgan fingerprint density at radius 1 is 1.50 bits per heavy atom. The van der Waals surface area contributed by atoms with Crippen molar-refractivity contribution in [2.24, 2.45) is 0 Å². The van der Waals surface area contributed by atoms with E-state index in [2.05, 4.69) is 24.4 Å². The van der Waals surface area contributed by atoms with Crippen molar-refractivity contribution >= 4 is 23.4 Å². The van der Waals surface area contributed by atoms with E-state index >= 15 is 0 Å². The molecule has 1 heterocycles. The Balaban J connectivity index is 2.38.